The molecule has 1 aromatic carbocycles. The van der Waals surface area contributed by atoms with Crippen molar-refractivity contribution in [2.45, 2.75) is 39.7 Å². The van der Waals surface area contributed by atoms with Crippen LogP contribution in [0.3, 0.4) is 0 Å². The summed E-state index contributed by atoms with van der Waals surface area (Å²) in [4.78, 5) is 2.55. The van der Waals surface area contributed by atoms with Crippen LogP contribution in [0.4, 0.5) is 0 Å². The molecule has 0 radical (unpaired) electrons. The molecule has 0 bridgehead atoms. The SMILES string of the molecule is CC(C)Cc1ccc(CN2CCCC2)cc1. The molecule has 1 heterocycles. The van der Waals surface area contributed by atoms with Gasteiger partial charge < -0.3 is 0 Å². The number of benzene rings is 1. The van der Waals surface area contributed by atoms with Crippen molar-refractivity contribution in [1.82, 2.24) is 4.90 Å². The van der Waals surface area contributed by atoms with Crippen molar-refractivity contribution in [3.05, 3.63) is 35.4 Å². The third kappa shape index (κ3) is 3.34. The van der Waals surface area contributed by atoms with E-state index in [0.717, 1.165) is 12.5 Å². The molecule has 1 saturated heterocycles. The number of likely N-dealkylation sites (tertiary alicyclic amines) is 1. The largest absolute Gasteiger partial charge is 0.299 e. The number of nitrogens with zero attached hydrogens (tertiary/aromatic N) is 1. The lowest BCUT2D eigenvalue weighted by molar-refractivity contribution is 0.331. The summed E-state index contributed by atoms with van der Waals surface area (Å²) < 4.78 is 0. The summed E-state index contributed by atoms with van der Waals surface area (Å²) in [5, 5.41) is 0. The van der Waals surface area contributed by atoms with Crippen molar-refractivity contribution in [2.24, 2.45) is 5.92 Å². The maximum Gasteiger partial charge on any atom is 0.0233 e. The van der Waals surface area contributed by atoms with Crippen LogP contribution in [0.15, 0.2) is 24.3 Å². The van der Waals surface area contributed by atoms with Crippen molar-refractivity contribution in [3.63, 3.8) is 0 Å². The highest BCUT2D eigenvalue weighted by molar-refractivity contribution is 5.22. The van der Waals surface area contributed by atoms with E-state index in [1.54, 1.807) is 0 Å². The average molecular weight is 217 g/mol. The normalized spacial score (nSPS) is 17.2. The first-order valence-corrected chi connectivity index (χ1v) is 6.54. The first kappa shape index (κ1) is 11.7. The minimum atomic E-state index is 0.754. The molecule has 0 aliphatic carbocycles. The van der Waals surface area contributed by atoms with Gasteiger partial charge in [0.25, 0.3) is 0 Å². The second-order valence-electron chi connectivity index (χ2n) is 5.40. The molecule has 0 spiro atoms. The first-order chi connectivity index (χ1) is 7.74. The fourth-order valence-corrected chi connectivity index (χ4v) is 2.45. The minimum Gasteiger partial charge on any atom is -0.299 e. The van der Waals surface area contributed by atoms with Crippen LogP contribution >= 0.6 is 0 Å². The molecule has 1 aliphatic rings. The lowest BCUT2D eigenvalue weighted by atomic mass is 10.0. The molecular formula is C15H23N. The summed E-state index contributed by atoms with van der Waals surface area (Å²) in [6.07, 6.45) is 3.96. The monoisotopic (exact) mass is 217 g/mol. The molecule has 1 fully saturated rings. The van der Waals surface area contributed by atoms with E-state index < -0.39 is 0 Å². The van der Waals surface area contributed by atoms with Crippen LogP contribution in [-0.4, -0.2) is 18.0 Å². The Morgan fingerprint density at radius 2 is 1.56 bits per heavy atom. The second kappa shape index (κ2) is 5.49. The van der Waals surface area contributed by atoms with E-state index >= 15 is 0 Å². The zero-order chi connectivity index (χ0) is 11.4. The van der Waals surface area contributed by atoms with Gasteiger partial charge in [0, 0.05) is 6.54 Å². The predicted octanol–water partition coefficient (Wildman–Crippen LogP) is 3.48. The quantitative estimate of drug-likeness (QED) is 0.746. The Kier molecular flexibility index (Phi) is 4.00. The van der Waals surface area contributed by atoms with Gasteiger partial charge in [-0.1, -0.05) is 38.1 Å². The summed E-state index contributed by atoms with van der Waals surface area (Å²) in [5.74, 6) is 0.754. The summed E-state index contributed by atoms with van der Waals surface area (Å²) >= 11 is 0. The molecule has 16 heavy (non-hydrogen) atoms. The Morgan fingerprint density at radius 1 is 1.00 bits per heavy atom. The van der Waals surface area contributed by atoms with E-state index in [2.05, 4.69) is 43.0 Å². The van der Waals surface area contributed by atoms with Crippen LogP contribution in [0.1, 0.15) is 37.8 Å². The van der Waals surface area contributed by atoms with E-state index in [4.69, 9.17) is 0 Å². The molecule has 1 heteroatoms. The molecular weight excluding hydrogens is 194 g/mol. The average Bonchev–Trinajstić information content (AvgIpc) is 2.73. The fourth-order valence-electron chi connectivity index (χ4n) is 2.45. The van der Waals surface area contributed by atoms with Gasteiger partial charge in [-0.2, -0.15) is 0 Å². The van der Waals surface area contributed by atoms with Crippen LogP contribution in [0.2, 0.25) is 0 Å². The minimum absolute atomic E-state index is 0.754. The van der Waals surface area contributed by atoms with Gasteiger partial charge >= 0.3 is 0 Å². The number of hydrogen-bond donors (Lipinski definition) is 0. The van der Waals surface area contributed by atoms with Crippen LogP contribution in [0, 0.1) is 5.92 Å². The molecule has 1 aliphatic heterocycles. The fraction of sp³-hybridized carbons (Fsp3) is 0.600. The highest BCUT2D eigenvalue weighted by Gasteiger charge is 2.11. The van der Waals surface area contributed by atoms with Crippen molar-refractivity contribution in [1.29, 1.82) is 0 Å². The third-order valence-corrected chi connectivity index (χ3v) is 3.27. The molecule has 1 aromatic rings. The van der Waals surface area contributed by atoms with Crippen LogP contribution in [0.5, 0.6) is 0 Å². The van der Waals surface area contributed by atoms with Gasteiger partial charge in [-0.25, -0.2) is 0 Å². The second-order valence-corrected chi connectivity index (χ2v) is 5.40. The summed E-state index contributed by atoms with van der Waals surface area (Å²) in [6, 6.07) is 9.20. The van der Waals surface area contributed by atoms with Gasteiger partial charge in [0.1, 0.15) is 0 Å². The zero-order valence-corrected chi connectivity index (χ0v) is 10.6. The van der Waals surface area contributed by atoms with Crippen LogP contribution in [-0.2, 0) is 13.0 Å². The standard InChI is InChI=1S/C15H23N/c1-13(2)11-14-5-7-15(8-6-14)12-16-9-3-4-10-16/h5-8,13H,3-4,9-12H2,1-2H3. The van der Waals surface area contributed by atoms with Gasteiger partial charge in [-0.3, -0.25) is 4.90 Å². The number of hydrogen-bond acceptors (Lipinski definition) is 1. The van der Waals surface area contributed by atoms with Gasteiger partial charge in [0.05, 0.1) is 0 Å². The Morgan fingerprint density at radius 3 is 2.12 bits per heavy atom. The summed E-state index contributed by atoms with van der Waals surface area (Å²) in [5.41, 5.74) is 2.94. The predicted molar refractivity (Wildman–Crippen MR) is 69.5 cm³/mol. The lowest BCUT2D eigenvalue weighted by Gasteiger charge is -2.14. The van der Waals surface area contributed by atoms with Crippen LogP contribution < -0.4 is 0 Å². The van der Waals surface area contributed by atoms with Gasteiger partial charge in [0.2, 0.25) is 0 Å². The topological polar surface area (TPSA) is 3.24 Å². The molecule has 1 nitrogen and oxygen atoms in total. The zero-order valence-electron chi connectivity index (χ0n) is 10.6. The molecule has 0 unspecified atom stereocenters. The Balaban J connectivity index is 1.90. The lowest BCUT2D eigenvalue weighted by Crippen LogP contribution is -2.18. The maximum atomic E-state index is 2.55. The van der Waals surface area contributed by atoms with Crippen molar-refractivity contribution in [2.75, 3.05) is 13.1 Å². The molecule has 88 valence electrons. The molecule has 0 amide bonds. The van der Waals surface area contributed by atoms with Gasteiger partial charge in [0.15, 0.2) is 0 Å². The van der Waals surface area contributed by atoms with Crippen molar-refractivity contribution < 1.29 is 0 Å². The number of rotatable bonds is 4. The maximum absolute atomic E-state index is 2.55. The van der Waals surface area contributed by atoms with E-state index in [9.17, 15) is 0 Å². The highest BCUT2D eigenvalue weighted by atomic mass is 15.1. The Labute approximate surface area is 99.5 Å². The summed E-state index contributed by atoms with van der Waals surface area (Å²) in [7, 11) is 0. The summed E-state index contributed by atoms with van der Waals surface area (Å²) in [6.45, 7) is 8.26. The van der Waals surface area contributed by atoms with Crippen LogP contribution in [0.25, 0.3) is 0 Å². The van der Waals surface area contributed by atoms with E-state index in [1.165, 1.54) is 43.5 Å². The van der Waals surface area contributed by atoms with Gasteiger partial charge in [-0.05, 0) is 49.4 Å². The van der Waals surface area contributed by atoms with Crippen molar-refractivity contribution in [3.8, 4) is 0 Å². The Bertz CT molecular complexity index is 307. The van der Waals surface area contributed by atoms with Crippen molar-refractivity contribution >= 4 is 0 Å². The molecule has 0 N–H and O–H groups in total. The van der Waals surface area contributed by atoms with Gasteiger partial charge in [-0.15, -0.1) is 0 Å². The molecule has 0 saturated carbocycles. The Hall–Kier alpha value is -0.820. The third-order valence-electron chi connectivity index (χ3n) is 3.27. The highest BCUT2D eigenvalue weighted by Crippen LogP contribution is 2.14. The molecule has 0 atom stereocenters. The first-order valence-electron chi connectivity index (χ1n) is 6.54. The molecule has 2 rings (SSSR count). The van der Waals surface area contributed by atoms with E-state index in [0.29, 0.717) is 0 Å². The molecule has 0 aromatic heterocycles. The smallest absolute Gasteiger partial charge is 0.0233 e. The van der Waals surface area contributed by atoms with E-state index in [-0.39, 0.29) is 0 Å². The van der Waals surface area contributed by atoms with E-state index in [1.807, 2.05) is 0 Å².